The number of ether oxygens (including phenoxy) is 1. The van der Waals surface area contributed by atoms with E-state index in [1.165, 1.54) is 19.3 Å². The minimum atomic E-state index is -0.277. The van der Waals surface area contributed by atoms with Gasteiger partial charge in [-0.05, 0) is 113 Å². The van der Waals surface area contributed by atoms with Crippen LogP contribution in [0.4, 0.5) is 0 Å². The second-order valence-corrected chi connectivity index (χ2v) is 16.4. The fourth-order valence-electron chi connectivity index (χ4n) is 11.4. The van der Waals surface area contributed by atoms with Crippen molar-refractivity contribution in [1.82, 2.24) is 20.9 Å². The van der Waals surface area contributed by atoms with E-state index in [2.05, 4.69) is 48.5 Å². The number of hydrogen-bond acceptors (Lipinski definition) is 6. The molecule has 43 heavy (non-hydrogen) atoms. The Hall–Kier alpha value is -1.51. The lowest BCUT2D eigenvalue weighted by Gasteiger charge is -2.60. The molecule has 6 rings (SSSR count). The van der Waals surface area contributed by atoms with Crippen molar-refractivity contribution in [2.75, 3.05) is 33.7 Å². The fraction of sp³-hybridized carbons (Fsp3) is 0.914. The van der Waals surface area contributed by atoms with E-state index in [1.54, 1.807) is 0 Å². The van der Waals surface area contributed by atoms with Gasteiger partial charge in [0.1, 0.15) is 17.9 Å². The van der Waals surface area contributed by atoms with E-state index in [0.29, 0.717) is 60.2 Å². The van der Waals surface area contributed by atoms with Crippen LogP contribution in [0.2, 0.25) is 0 Å². The number of piperidine rings is 1. The van der Waals surface area contributed by atoms with Crippen LogP contribution in [0.5, 0.6) is 0 Å². The molecule has 0 aromatic carbocycles. The molecule has 4 saturated carbocycles. The van der Waals surface area contributed by atoms with Crippen LogP contribution in [0.1, 0.15) is 98.3 Å². The topological polar surface area (TPSA) is 99.8 Å². The van der Waals surface area contributed by atoms with Gasteiger partial charge in [-0.25, -0.2) is 0 Å². The summed E-state index contributed by atoms with van der Waals surface area (Å²) in [6.07, 6.45) is 10.3. The Morgan fingerprint density at radius 2 is 1.81 bits per heavy atom. The molecule has 12 atom stereocenters. The van der Waals surface area contributed by atoms with Crippen LogP contribution in [-0.4, -0.2) is 74.1 Å². The SMILES string of the molecule is C[C@@H]1CC[C@@]2(NC1)O[C@H]1C[C@H]3[C@@H]4CC[C@H]5CC(NC(=O)CC(=O)NCCCN(C)C)CC[C@]5(C)[C@H]4CC(=O)[C@]3(C)[C@H]1[C@@H]2C. The molecule has 0 radical (unpaired) electrons. The summed E-state index contributed by atoms with van der Waals surface area (Å²) >= 11 is 0. The molecular formula is C35H58N4O4. The Balaban J connectivity index is 1.07. The molecule has 3 N–H and O–H groups in total. The predicted molar refractivity (Wildman–Crippen MR) is 167 cm³/mol. The van der Waals surface area contributed by atoms with Gasteiger partial charge < -0.3 is 20.3 Å². The van der Waals surface area contributed by atoms with Gasteiger partial charge in [0.15, 0.2) is 0 Å². The summed E-state index contributed by atoms with van der Waals surface area (Å²) in [5.74, 6) is 3.44. The third-order valence-electron chi connectivity index (χ3n) is 13.8. The van der Waals surface area contributed by atoms with Crippen molar-refractivity contribution in [3.63, 3.8) is 0 Å². The van der Waals surface area contributed by atoms with Gasteiger partial charge in [0.2, 0.25) is 11.8 Å². The van der Waals surface area contributed by atoms with E-state index in [9.17, 15) is 14.4 Å². The van der Waals surface area contributed by atoms with Crippen LogP contribution in [0.15, 0.2) is 0 Å². The summed E-state index contributed by atoms with van der Waals surface area (Å²) in [5.41, 5.74) is -0.384. The maximum atomic E-state index is 14.3. The minimum absolute atomic E-state index is 0.0987. The summed E-state index contributed by atoms with van der Waals surface area (Å²) in [6, 6.07) is 0.121. The van der Waals surface area contributed by atoms with Gasteiger partial charge in [0, 0.05) is 42.8 Å². The molecule has 6 fully saturated rings. The van der Waals surface area contributed by atoms with Crippen molar-refractivity contribution in [3.8, 4) is 0 Å². The first-order valence-electron chi connectivity index (χ1n) is 17.5. The van der Waals surface area contributed by atoms with Crippen molar-refractivity contribution in [1.29, 1.82) is 0 Å². The first-order chi connectivity index (χ1) is 20.4. The standard InChI is InChI=1S/C35H58N4O4/c1-21-10-13-35(37-20-21)22(2)32-28(43-35)17-27-25-9-8-23-16-24(38-31(42)19-30(41)36-14-7-15-39(5)6)11-12-33(23,3)26(25)18-29(40)34(27,32)4/h21-28,32,37H,7-20H2,1-6H3,(H,36,41)(H,38,42)/t21-,22+,23+,24?,25-,26+,27+,28+,32+,33+,34-,35-/m1/s1. The first kappa shape index (κ1) is 31.5. The van der Waals surface area contributed by atoms with Gasteiger partial charge in [-0.1, -0.05) is 27.7 Å². The van der Waals surface area contributed by atoms with Crippen molar-refractivity contribution >= 4 is 17.6 Å². The molecule has 1 spiro atoms. The second-order valence-electron chi connectivity index (χ2n) is 16.4. The Bertz CT molecular complexity index is 1090. The summed E-state index contributed by atoms with van der Waals surface area (Å²) in [5, 5.41) is 9.88. The van der Waals surface area contributed by atoms with Crippen LogP contribution in [0, 0.1) is 52.3 Å². The molecule has 2 aliphatic heterocycles. The molecule has 0 aromatic heterocycles. The highest BCUT2D eigenvalue weighted by molar-refractivity contribution is 5.97. The number of rotatable bonds is 7. The number of carbonyl (C=O) groups is 3. The number of Topliss-reactive ketones (excluding diaryl/α,β-unsaturated/α-hetero) is 1. The maximum Gasteiger partial charge on any atom is 0.229 e. The molecule has 2 heterocycles. The Labute approximate surface area is 259 Å². The fourth-order valence-corrected chi connectivity index (χ4v) is 11.4. The number of amides is 2. The number of nitrogens with one attached hydrogen (secondary N) is 3. The van der Waals surface area contributed by atoms with Crippen LogP contribution < -0.4 is 16.0 Å². The van der Waals surface area contributed by atoms with E-state index < -0.39 is 0 Å². The number of nitrogens with zero attached hydrogens (tertiary/aromatic N) is 1. The molecule has 0 aromatic rings. The molecule has 0 bridgehead atoms. The monoisotopic (exact) mass is 598 g/mol. The van der Waals surface area contributed by atoms with E-state index >= 15 is 0 Å². The van der Waals surface area contributed by atoms with Crippen molar-refractivity contribution in [3.05, 3.63) is 0 Å². The average Bonchev–Trinajstić information content (AvgIpc) is 3.40. The molecule has 4 aliphatic carbocycles. The molecule has 6 aliphatic rings. The quantitative estimate of drug-likeness (QED) is 0.301. The van der Waals surface area contributed by atoms with Crippen LogP contribution >= 0.6 is 0 Å². The van der Waals surface area contributed by atoms with Gasteiger partial charge in [-0.2, -0.15) is 0 Å². The number of ketones is 1. The highest BCUT2D eigenvalue weighted by Crippen LogP contribution is 2.70. The zero-order valence-corrected chi connectivity index (χ0v) is 27.7. The lowest BCUT2D eigenvalue weighted by atomic mass is 9.44. The maximum absolute atomic E-state index is 14.3. The second kappa shape index (κ2) is 11.7. The number of fused-ring (bicyclic) bond motifs is 7. The Kier molecular flexibility index (Phi) is 8.56. The number of carbonyl (C=O) groups excluding carboxylic acids is 3. The van der Waals surface area contributed by atoms with Gasteiger partial charge >= 0.3 is 0 Å². The zero-order valence-electron chi connectivity index (χ0n) is 27.7. The van der Waals surface area contributed by atoms with Crippen LogP contribution in [-0.2, 0) is 19.1 Å². The normalized spacial score (nSPS) is 47.0. The molecular weight excluding hydrogens is 540 g/mol. The highest BCUT2D eigenvalue weighted by Gasteiger charge is 2.71. The van der Waals surface area contributed by atoms with E-state index in [0.717, 1.165) is 51.6 Å². The van der Waals surface area contributed by atoms with Crippen molar-refractivity contribution < 1.29 is 19.1 Å². The van der Waals surface area contributed by atoms with Gasteiger partial charge in [-0.3, -0.25) is 19.7 Å². The highest BCUT2D eigenvalue weighted by atomic mass is 16.5. The summed E-state index contributed by atoms with van der Waals surface area (Å²) in [4.78, 5) is 41.5. The molecule has 8 nitrogen and oxygen atoms in total. The third-order valence-corrected chi connectivity index (χ3v) is 13.8. The lowest BCUT2D eigenvalue weighted by Crippen LogP contribution is -2.60. The minimum Gasteiger partial charge on any atom is -0.357 e. The number of hydrogen-bond donors (Lipinski definition) is 3. The Morgan fingerprint density at radius 3 is 2.53 bits per heavy atom. The zero-order chi connectivity index (χ0) is 30.7. The third kappa shape index (κ3) is 5.39. The first-order valence-corrected chi connectivity index (χ1v) is 17.5. The average molecular weight is 599 g/mol. The smallest absolute Gasteiger partial charge is 0.229 e. The van der Waals surface area contributed by atoms with Gasteiger partial charge in [0.25, 0.3) is 0 Å². The van der Waals surface area contributed by atoms with Crippen molar-refractivity contribution in [2.24, 2.45) is 52.3 Å². The van der Waals surface area contributed by atoms with Crippen LogP contribution in [0.3, 0.4) is 0 Å². The Morgan fingerprint density at radius 1 is 1.02 bits per heavy atom. The molecule has 242 valence electrons. The van der Waals surface area contributed by atoms with E-state index in [1.807, 2.05) is 14.1 Å². The van der Waals surface area contributed by atoms with Gasteiger partial charge in [0.05, 0.1) is 6.10 Å². The van der Waals surface area contributed by atoms with Gasteiger partial charge in [-0.15, -0.1) is 0 Å². The lowest BCUT2D eigenvalue weighted by molar-refractivity contribution is -0.160. The predicted octanol–water partition coefficient (Wildman–Crippen LogP) is 4.13. The van der Waals surface area contributed by atoms with Crippen molar-refractivity contribution in [2.45, 2.75) is 116 Å². The molecule has 2 saturated heterocycles. The van der Waals surface area contributed by atoms with E-state index in [-0.39, 0.29) is 46.9 Å². The molecule has 2 amide bonds. The van der Waals surface area contributed by atoms with Crippen LogP contribution in [0.25, 0.3) is 0 Å². The molecule has 8 heteroatoms. The molecule has 1 unspecified atom stereocenters. The summed E-state index contributed by atoms with van der Waals surface area (Å²) in [7, 11) is 4.02. The largest absolute Gasteiger partial charge is 0.357 e. The van der Waals surface area contributed by atoms with E-state index in [4.69, 9.17) is 4.74 Å². The summed E-state index contributed by atoms with van der Waals surface area (Å²) in [6.45, 7) is 12.0. The summed E-state index contributed by atoms with van der Waals surface area (Å²) < 4.78 is 6.97.